The largest absolute Gasteiger partial charge is 0.379 e. The molecule has 0 radical (unpaired) electrons. The molecule has 0 fully saturated rings. The van der Waals surface area contributed by atoms with E-state index < -0.39 is 15.0 Å². The number of benzene rings is 2. The number of hydrogen-bond acceptors (Lipinski definition) is 7. The van der Waals surface area contributed by atoms with Crippen LogP contribution in [0.15, 0.2) is 58.5 Å². The summed E-state index contributed by atoms with van der Waals surface area (Å²) in [6, 6.07) is 10.5. The van der Waals surface area contributed by atoms with Crippen molar-refractivity contribution >= 4 is 39.4 Å². The van der Waals surface area contributed by atoms with E-state index in [9.17, 15) is 18.5 Å². The molecular weight excluding hydrogens is 368 g/mol. The zero-order valence-electron chi connectivity index (χ0n) is 12.5. The highest BCUT2D eigenvalue weighted by molar-refractivity contribution is 7.87. The summed E-state index contributed by atoms with van der Waals surface area (Å²) < 4.78 is 29.5. The average molecular weight is 380 g/mol. The van der Waals surface area contributed by atoms with Crippen LogP contribution in [0.3, 0.4) is 0 Å². The lowest BCUT2D eigenvalue weighted by Crippen LogP contribution is -2.23. The molecule has 130 valence electrons. The molecule has 0 unspecified atom stereocenters. The molecule has 0 spiro atoms. The van der Waals surface area contributed by atoms with Crippen LogP contribution in [0.1, 0.15) is 5.56 Å². The van der Waals surface area contributed by atoms with Gasteiger partial charge in [-0.2, -0.15) is 13.5 Å². The second-order valence-electron chi connectivity index (χ2n) is 4.60. The number of nitro benzene ring substituents is 1. The van der Waals surface area contributed by atoms with Gasteiger partial charge in [-0.05, 0) is 42.0 Å². The van der Waals surface area contributed by atoms with Crippen LogP contribution in [0, 0.1) is 10.1 Å². The molecule has 0 saturated carbocycles. The first-order valence-electron chi connectivity index (χ1n) is 6.65. The second-order valence-corrected chi connectivity index (χ2v) is 6.58. The monoisotopic (exact) mass is 380 g/mol. The van der Waals surface area contributed by atoms with Gasteiger partial charge in [-0.1, -0.05) is 12.1 Å². The molecule has 0 amide bonds. The first-order chi connectivity index (χ1) is 11.8. The van der Waals surface area contributed by atoms with Gasteiger partial charge in [0.05, 0.1) is 11.1 Å². The van der Waals surface area contributed by atoms with Crippen molar-refractivity contribution in [2.24, 2.45) is 10.8 Å². The SMILES string of the molecule is NC(=S)NN=Cc1cccc(OS(=O)(=O)c2ccc([N+](=O)[O-])cc2)c1. The lowest BCUT2D eigenvalue weighted by Gasteiger charge is -2.07. The van der Waals surface area contributed by atoms with Gasteiger partial charge in [0.25, 0.3) is 5.69 Å². The number of nitrogens with zero attached hydrogens (tertiary/aromatic N) is 2. The standard InChI is InChI=1S/C14H12N4O5S2/c15-14(24)17-16-9-10-2-1-3-12(8-10)23-25(21,22)13-6-4-11(5-7-13)18(19)20/h1-9H,(H3,15,17,24). The van der Waals surface area contributed by atoms with Crippen molar-refractivity contribution in [2.45, 2.75) is 4.90 Å². The molecule has 0 saturated heterocycles. The maximum absolute atomic E-state index is 12.2. The summed E-state index contributed by atoms with van der Waals surface area (Å²) in [6.07, 6.45) is 1.38. The fourth-order valence-electron chi connectivity index (χ4n) is 1.73. The van der Waals surface area contributed by atoms with Crippen LogP contribution in [0.2, 0.25) is 0 Å². The Kier molecular flexibility index (Phi) is 5.62. The van der Waals surface area contributed by atoms with Crippen molar-refractivity contribution in [1.82, 2.24) is 5.43 Å². The molecular formula is C14H12N4O5S2. The first-order valence-corrected chi connectivity index (χ1v) is 8.47. The van der Waals surface area contributed by atoms with Gasteiger partial charge < -0.3 is 9.92 Å². The molecule has 11 heteroatoms. The van der Waals surface area contributed by atoms with Gasteiger partial charge in [-0.15, -0.1) is 0 Å². The molecule has 0 aromatic heterocycles. The van der Waals surface area contributed by atoms with Gasteiger partial charge in [0.2, 0.25) is 0 Å². The van der Waals surface area contributed by atoms with E-state index in [-0.39, 0.29) is 21.4 Å². The lowest BCUT2D eigenvalue weighted by atomic mass is 10.2. The quantitative estimate of drug-likeness (QED) is 0.253. The van der Waals surface area contributed by atoms with Gasteiger partial charge in [-0.3, -0.25) is 15.5 Å². The van der Waals surface area contributed by atoms with E-state index >= 15 is 0 Å². The predicted molar refractivity (Wildman–Crippen MR) is 94.9 cm³/mol. The number of nitrogens with two attached hydrogens (primary N) is 1. The molecule has 25 heavy (non-hydrogen) atoms. The molecule has 2 aromatic carbocycles. The smallest absolute Gasteiger partial charge is 0.339 e. The zero-order chi connectivity index (χ0) is 18.4. The third-order valence-corrected chi connectivity index (χ3v) is 4.14. The molecule has 0 aliphatic rings. The molecule has 0 aliphatic heterocycles. The minimum absolute atomic E-state index is 0.00981. The van der Waals surface area contributed by atoms with E-state index in [4.69, 9.17) is 9.92 Å². The van der Waals surface area contributed by atoms with Crippen molar-refractivity contribution in [3.05, 3.63) is 64.2 Å². The Balaban J connectivity index is 2.18. The van der Waals surface area contributed by atoms with Crippen molar-refractivity contribution < 1.29 is 17.5 Å². The summed E-state index contributed by atoms with van der Waals surface area (Å²) in [5.41, 5.74) is 7.91. The van der Waals surface area contributed by atoms with Crippen LogP contribution in [-0.4, -0.2) is 24.7 Å². The Morgan fingerprint density at radius 1 is 1.28 bits per heavy atom. The maximum atomic E-state index is 12.2. The predicted octanol–water partition coefficient (Wildman–Crippen LogP) is 1.53. The Morgan fingerprint density at radius 3 is 2.56 bits per heavy atom. The van der Waals surface area contributed by atoms with E-state index in [2.05, 4.69) is 22.7 Å². The van der Waals surface area contributed by atoms with Crippen molar-refractivity contribution in [3.63, 3.8) is 0 Å². The third-order valence-electron chi connectivity index (χ3n) is 2.79. The molecule has 3 N–H and O–H groups in total. The number of non-ortho nitro benzene ring substituents is 1. The third kappa shape index (κ3) is 5.22. The zero-order valence-corrected chi connectivity index (χ0v) is 14.2. The van der Waals surface area contributed by atoms with Crippen LogP contribution in [-0.2, 0) is 10.1 Å². The van der Waals surface area contributed by atoms with E-state index in [1.165, 1.54) is 18.3 Å². The topological polar surface area (TPSA) is 137 Å². The van der Waals surface area contributed by atoms with Gasteiger partial charge in [0.15, 0.2) is 5.11 Å². The molecule has 9 nitrogen and oxygen atoms in total. The molecule has 0 bridgehead atoms. The molecule has 2 rings (SSSR count). The van der Waals surface area contributed by atoms with E-state index in [1.807, 2.05) is 0 Å². The van der Waals surface area contributed by atoms with Crippen LogP contribution in [0.5, 0.6) is 5.75 Å². The molecule has 2 aromatic rings. The Labute approximate surface area is 148 Å². The van der Waals surface area contributed by atoms with Crippen molar-refractivity contribution in [2.75, 3.05) is 0 Å². The number of hydrogen-bond donors (Lipinski definition) is 2. The fraction of sp³-hybridized carbons (Fsp3) is 0. The summed E-state index contributed by atoms with van der Waals surface area (Å²) in [5.74, 6) is 0.0534. The minimum atomic E-state index is -4.13. The number of thiocarbonyl (C=S) groups is 1. The van der Waals surface area contributed by atoms with Crippen LogP contribution in [0.4, 0.5) is 5.69 Å². The van der Waals surface area contributed by atoms with Gasteiger partial charge in [0.1, 0.15) is 10.6 Å². The van der Waals surface area contributed by atoms with Gasteiger partial charge in [0, 0.05) is 12.1 Å². The summed E-state index contributed by atoms with van der Waals surface area (Å²) in [6.45, 7) is 0. The minimum Gasteiger partial charge on any atom is -0.379 e. The van der Waals surface area contributed by atoms with Gasteiger partial charge >= 0.3 is 10.1 Å². The number of nitrogens with one attached hydrogen (secondary N) is 1. The summed E-state index contributed by atoms with van der Waals surface area (Å²) in [4.78, 5) is 9.78. The normalized spacial score (nSPS) is 11.2. The van der Waals surface area contributed by atoms with E-state index in [0.717, 1.165) is 24.3 Å². The lowest BCUT2D eigenvalue weighted by molar-refractivity contribution is -0.384. The number of nitro groups is 1. The van der Waals surface area contributed by atoms with E-state index in [1.54, 1.807) is 12.1 Å². The highest BCUT2D eigenvalue weighted by Crippen LogP contribution is 2.21. The van der Waals surface area contributed by atoms with Crippen molar-refractivity contribution in [1.29, 1.82) is 0 Å². The Hall–Kier alpha value is -3.05. The van der Waals surface area contributed by atoms with Crippen LogP contribution in [0.25, 0.3) is 0 Å². The van der Waals surface area contributed by atoms with E-state index in [0.29, 0.717) is 5.56 Å². The maximum Gasteiger partial charge on any atom is 0.339 e. The van der Waals surface area contributed by atoms with Crippen molar-refractivity contribution in [3.8, 4) is 5.75 Å². The second kappa shape index (κ2) is 7.68. The average Bonchev–Trinajstić information content (AvgIpc) is 2.54. The highest BCUT2D eigenvalue weighted by atomic mass is 32.2. The molecule has 0 heterocycles. The molecule has 0 aliphatic carbocycles. The first kappa shape index (κ1) is 18.3. The molecule has 0 atom stereocenters. The summed E-state index contributed by atoms with van der Waals surface area (Å²) in [7, 11) is -4.13. The number of hydrazone groups is 1. The van der Waals surface area contributed by atoms with Crippen LogP contribution < -0.4 is 15.3 Å². The number of rotatable bonds is 6. The Bertz CT molecular complexity index is 926. The van der Waals surface area contributed by atoms with Gasteiger partial charge in [-0.25, -0.2) is 0 Å². The summed E-state index contributed by atoms with van der Waals surface area (Å²) >= 11 is 4.59. The fourth-order valence-corrected chi connectivity index (χ4v) is 2.70. The van der Waals surface area contributed by atoms with Crippen LogP contribution >= 0.6 is 12.2 Å². The Morgan fingerprint density at radius 2 is 1.96 bits per heavy atom. The highest BCUT2D eigenvalue weighted by Gasteiger charge is 2.18. The summed E-state index contributed by atoms with van der Waals surface area (Å²) in [5, 5.41) is 14.4.